The van der Waals surface area contributed by atoms with E-state index in [9.17, 15) is 9.59 Å². The van der Waals surface area contributed by atoms with Crippen LogP contribution in [0.2, 0.25) is 0 Å². The number of nitrogens with zero attached hydrogens (tertiary/aromatic N) is 2. The van der Waals surface area contributed by atoms with E-state index >= 15 is 0 Å². The van der Waals surface area contributed by atoms with Gasteiger partial charge in [0, 0.05) is 42.9 Å². The number of hydrogen-bond acceptors (Lipinski definition) is 4. The van der Waals surface area contributed by atoms with Crippen molar-refractivity contribution in [3.63, 3.8) is 0 Å². The van der Waals surface area contributed by atoms with Crippen LogP contribution < -0.4 is 5.56 Å². The predicted octanol–water partition coefficient (Wildman–Crippen LogP) is 3.79. The molecule has 0 spiro atoms. The molecule has 4 nitrogen and oxygen atoms in total. The minimum atomic E-state index is 0.0941. The number of benzene rings is 1. The molecule has 4 rings (SSSR count). The van der Waals surface area contributed by atoms with E-state index in [0.717, 1.165) is 52.8 Å². The summed E-state index contributed by atoms with van der Waals surface area (Å²) < 4.78 is 2.72. The summed E-state index contributed by atoms with van der Waals surface area (Å²) in [5.41, 5.74) is 4.18. The Labute approximate surface area is 174 Å². The summed E-state index contributed by atoms with van der Waals surface area (Å²) in [5, 5.41) is 0. The molecular weight excluding hydrogens is 388 g/mol. The molecule has 1 saturated heterocycles. The number of carbonyl (C=O) groups is 1. The average Bonchev–Trinajstić information content (AvgIpc) is 2.66. The van der Waals surface area contributed by atoms with E-state index in [2.05, 4.69) is 11.0 Å². The Morgan fingerprint density at radius 3 is 2.79 bits per heavy atom. The lowest BCUT2D eigenvalue weighted by atomic mass is 9.83. The molecule has 2 aromatic rings. The Hall–Kier alpha value is -1.92. The van der Waals surface area contributed by atoms with Gasteiger partial charge in [-0.2, -0.15) is 0 Å². The summed E-state index contributed by atoms with van der Waals surface area (Å²) >= 11 is 7.13. The van der Waals surface area contributed by atoms with Crippen molar-refractivity contribution < 1.29 is 4.79 Å². The number of fused-ring (bicyclic) bond motifs is 4. The van der Waals surface area contributed by atoms with Crippen LogP contribution in [0.25, 0.3) is 0 Å². The summed E-state index contributed by atoms with van der Waals surface area (Å²) in [7, 11) is 0. The third-order valence-corrected chi connectivity index (χ3v) is 7.27. The smallest absolute Gasteiger partial charge is 0.250 e. The Bertz CT molecular complexity index is 998. The Morgan fingerprint density at radius 1 is 1.18 bits per heavy atom. The molecule has 2 atom stereocenters. The lowest BCUT2D eigenvalue weighted by molar-refractivity contribution is 0.102. The summed E-state index contributed by atoms with van der Waals surface area (Å²) in [4.78, 5) is 27.0. The highest BCUT2D eigenvalue weighted by Gasteiger charge is 2.35. The molecule has 0 unspecified atom stereocenters. The molecule has 3 heterocycles. The molecule has 146 valence electrons. The van der Waals surface area contributed by atoms with Crippen LogP contribution in [0.3, 0.4) is 0 Å². The fourth-order valence-electron chi connectivity index (χ4n) is 4.47. The number of aryl methyl sites for hydroxylation is 2. The van der Waals surface area contributed by atoms with Crippen LogP contribution in [-0.4, -0.2) is 38.4 Å². The number of thioether (sulfide) groups is 1. The molecule has 0 N–H and O–H groups in total. The van der Waals surface area contributed by atoms with Gasteiger partial charge >= 0.3 is 0 Å². The van der Waals surface area contributed by atoms with Crippen LogP contribution >= 0.6 is 24.0 Å². The van der Waals surface area contributed by atoms with Gasteiger partial charge in [0.2, 0.25) is 0 Å². The maximum Gasteiger partial charge on any atom is 0.250 e. The summed E-state index contributed by atoms with van der Waals surface area (Å²) in [5.74, 6) is 1.25. The van der Waals surface area contributed by atoms with Gasteiger partial charge in [0.1, 0.15) is 4.32 Å². The topological polar surface area (TPSA) is 42.3 Å². The van der Waals surface area contributed by atoms with E-state index in [1.54, 1.807) is 6.07 Å². The number of carbonyl (C=O) groups excluding carboxylic acids is 1. The minimum absolute atomic E-state index is 0.0941. The quantitative estimate of drug-likeness (QED) is 0.567. The molecule has 0 saturated carbocycles. The van der Waals surface area contributed by atoms with Crippen LogP contribution in [-0.2, 0) is 6.54 Å². The number of ketones is 1. The van der Waals surface area contributed by atoms with Crippen molar-refractivity contribution in [2.24, 2.45) is 5.92 Å². The zero-order valence-corrected chi connectivity index (χ0v) is 17.8. The number of Topliss-reactive ketones (excluding diaryl/α,β-unsaturated/α-hetero) is 1. The second-order valence-electron chi connectivity index (χ2n) is 7.90. The third kappa shape index (κ3) is 3.80. The number of thiocarbonyl (C=S) groups is 1. The lowest BCUT2D eigenvalue weighted by Gasteiger charge is -2.43. The fourth-order valence-corrected chi connectivity index (χ4v) is 5.54. The molecular formula is C22H24N2O2S2. The van der Waals surface area contributed by atoms with Gasteiger partial charge in [0.15, 0.2) is 5.78 Å². The second-order valence-corrected chi connectivity index (χ2v) is 9.51. The van der Waals surface area contributed by atoms with Crippen molar-refractivity contribution in [1.82, 2.24) is 9.47 Å². The highest BCUT2D eigenvalue weighted by Crippen LogP contribution is 2.36. The van der Waals surface area contributed by atoms with Crippen LogP contribution in [0.15, 0.2) is 41.2 Å². The fraction of sp³-hybridized carbons (Fsp3) is 0.409. The van der Waals surface area contributed by atoms with E-state index in [1.165, 1.54) is 11.8 Å². The Balaban J connectivity index is 1.41. The zero-order chi connectivity index (χ0) is 19.8. The van der Waals surface area contributed by atoms with E-state index < -0.39 is 0 Å². The van der Waals surface area contributed by atoms with Crippen LogP contribution in [0.1, 0.15) is 39.5 Å². The molecule has 0 radical (unpaired) electrons. The number of aromatic nitrogens is 1. The normalized spacial score (nSPS) is 20.6. The standard InChI is InChI=1S/C22H24N2O2S2/c1-14-6-7-18(15(2)8-14)20(25)13-28-22(27)23-10-16-9-17(12-23)19-4-3-5-21(26)24(19)11-16/h3-8,16-17H,9-13H2,1-2H3/t16-,17+/m1/s1. The van der Waals surface area contributed by atoms with Crippen molar-refractivity contribution in [2.75, 3.05) is 18.8 Å². The number of pyridine rings is 1. The van der Waals surface area contributed by atoms with Crippen molar-refractivity contribution >= 4 is 34.1 Å². The maximum atomic E-state index is 12.6. The van der Waals surface area contributed by atoms with E-state index in [1.807, 2.05) is 42.7 Å². The van der Waals surface area contributed by atoms with Crippen molar-refractivity contribution in [3.8, 4) is 0 Å². The van der Waals surface area contributed by atoms with Crippen molar-refractivity contribution in [2.45, 2.75) is 32.7 Å². The average molecular weight is 413 g/mol. The number of rotatable bonds is 3. The van der Waals surface area contributed by atoms with Gasteiger partial charge in [-0.25, -0.2) is 0 Å². The first-order chi connectivity index (χ1) is 13.4. The molecule has 2 aliphatic heterocycles. The molecule has 1 aromatic heterocycles. The lowest BCUT2D eigenvalue weighted by Crippen LogP contribution is -2.48. The van der Waals surface area contributed by atoms with Gasteiger partial charge in [-0.15, -0.1) is 0 Å². The van der Waals surface area contributed by atoms with Crippen molar-refractivity contribution in [1.29, 1.82) is 0 Å². The number of hydrogen-bond donors (Lipinski definition) is 0. The molecule has 6 heteroatoms. The monoisotopic (exact) mass is 412 g/mol. The largest absolute Gasteiger partial charge is 0.356 e. The number of likely N-dealkylation sites (tertiary alicyclic amines) is 1. The molecule has 1 fully saturated rings. The first-order valence-corrected chi connectivity index (χ1v) is 11.0. The van der Waals surface area contributed by atoms with Gasteiger partial charge in [-0.05, 0) is 37.8 Å². The Morgan fingerprint density at radius 2 is 2.00 bits per heavy atom. The maximum absolute atomic E-state index is 12.6. The summed E-state index contributed by atoms with van der Waals surface area (Å²) in [6.45, 7) is 6.46. The van der Waals surface area contributed by atoms with Crippen LogP contribution in [0.5, 0.6) is 0 Å². The molecule has 1 aromatic carbocycles. The SMILES string of the molecule is Cc1ccc(C(=O)CSC(=S)N2C[C@H]3C[C@@H](C2)c2cccc(=O)n2C3)c(C)c1. The van der Waals surface area contributed by atoms with Gasteiger partial charge in [-0.1, -0.05) is 53.8 Å². The third-order valence-electron chi connectivity index (χ3n) is 5.75. The second kappa shape index (κ2) is 7.84. The van der Waals surface area contributed by atoms with Gasteiger partial charge in [0.25, 0.3) is 5.56 Å². The number of piperidine rings is 1. The van der Waals surface area contributed by atoms with Crippen LogP contribution in [0, 0.1) is 19.8 Å². The molecule has 0 amide bonds. The van der Waals surface area contributed by atoms with Gasteiger partial charge < -0.3 is 9.47 Å². The zero-order valence-electron chi connectivity index (χ0n) is 16.2. The van der Waals surface area contributed by atoms with E-state index in [0.29, 0.717) is 17.6 Å². The minimum Gasteiger partial charge on any atom is -0.356 e. The molecule has 0 aliphatic carbocycles. The van der Waals surface area contributed by atoms with E-state index in [-0.39, 0.29) is 11.3 Å². The molecule has 28 heavy (non-hydrogen) atoms. The predicted molar refractivity (Wildman–Crippen MR) is 118 cm³/mol. The highest BCUT2D eigenvalue weighted by atomic mass is 32.2. The highest BCUT2D eigenvalue weighted by molar-refractivity contribution is 8.23. The Kier molecular flexibility index (Phi) is 5.43. The molecule has 2 aliphatic rings. The van der Waals surface area contributed by atoms with Gasteiger partial charge in [-0.3, -0.25) is 9.59 Å². The van der Waals surface area contributed by atoms with Crippen molar-refractivity contribution in [3.05, 3.63) is 69.1 Å². The summed E-state index contributed by atoms with van der Waals surface area (Å²) in [6, 6.07) is 11.5. The van der Waals surface area contributed by atoms with Gasteiger partial charge in [0.05, 0.1) is 5.75 Å². The summed E-state index contributed by atoms with van der Waals surface area (Å²) in [6.07, 6.45) is 1.11. The molecule has 2 bridgehead atoms. The first-order valence-electron chi connectivity index (χ1n) is 9.64. The van der Waals surface area contributed by atoms with E-state index in [4.69, 9.17) is 12.2 Å². The first kappa shape index (κ1) is 19.4. The van der Waals surface area contributed by atoms with Crippen LogP contribution in [0.4, 0.5) is 0 Å².